The SMILES string of the molecule is COc1c([B-](F)(F)F)ccc2sccc12.[K+]. The van der Waals surface area contributed by atoms with E-state index in [9.17, 15) is 12.9 Å². The first-order chi connectivity index (χ1) is 7.04. The summed E-state index contributed by atoms with van der Waals surface area (Å²) >= 11 is 1.40. The molecule has 2 aromatic rings. The first-order valence-corrected chi connectivity index (χ1v) is 5.16. The molecule has 2 rings (SSSR count). The van der Waals surface area contributed by atoms with E-state index in [-0.39, 0.29) is 57.1 Å². The summed E-state index contributed by atoms with van der Waals surface area (Å²) < 4.78 is 43.6. The second-order valence-electron chi connectivity index (χ2n) is 3.10. The Labute approximate surface area is 137 Å². The predicted molar refractivity (Wildman–Crippen MR) is 57.1 cm³/mol. The second kappa shape index (κ2) is 5.41. The first-order valence-electron chi connectivity index (χ1n) is 4.28. The third kappa shape index (κ3) is 2.65. The minimum atomic E-state index is -5.02. The molecule has 1 heterocycles. The maximum absolute atomic E-state index is 12.7. The number of hydrogen-bond acceptors (Lipinski definition) is 2. The van der Waals surface area contributed by atoms with Crippen LogP contribution < -0.4 is 61.6 Å². The van der Waals surface area contributed by atoms with E-state index in [0.29, 0.717) is 5.39 Å². The third-order valence-corrected chi connectivity index (χ3v) is 3.06. The molecule has 0 spiro atoms. The number of halogens is 3. The van der Waals surface area contributed by atoms with Gasteiger partial charge in [-0.1, -0.05) is 11.5 Å². The number of methoxy groups -OCH3 is 1. The molecular formula is C9H7BF3KOS. The van der Waals surface area contributed by atoms with E-state index in [1.54, 1.807) is 11.4 Å². The van der Waals surface area contributed by atoms with E-state index in [4.69, 9.17) is 4.74 Å². The van der Waals surface area contributed by atoms with Crippen LogP contribution in [0.3, 0.4) is 0 Å². The molecule has 0 atom stereocenters. The molecule has 1 aromatic heterocycles. The minimum Gasteiger partial charge on any atom is -0.499 e. The van der Waals surface area contributed by atoms with Gasteiger partial charge in [0.1, 0.15) is 5.75 Å². The van der Waals surface area contributed by atoms with Gasteiger partial charge in [0.05, 0.1) is 7.11 Å². The van der Waals surface area contributed by atoms with Gasteiger partial charge in [0.2, 0.25) is 0 Å². The molecule has 0 aliphatic carbocycles. The van der Waals surface area contributed by atoms with Crippen LogP contribution in [0.2, 0.25) is 0 Å². The number of benzene rings is 1. The molecule has 0 radical (unpaired) electrons. The summed E-state index contributed by atoms with van der Waals surface area (Å²) in [5.74, 6) is -0.0683. The van der Waals surface area contributed by atoms with Crippen LogP contribution in [0.5, 0.6) is 5.75 Å². The van der Waals surface area contributed by atoms with E-state index in [2.05, 4.69) is 0 Å². The van der Waals surface area contributed by atoms with E-state index < -0.39 is 12.4 Å². The zero-order valence-corrected chi connectivity index (χ0v) is 12.8. The number of fused-ring (bicyclic) bond motifs is 1. The monoisotopic (exact) mass is 270 g/mol. The van der Waals surface area contributed by atoms with Gasteiger partial charge in [-0.3, -0.25) is 0 Å². The fourth-order valence-corrected chi connectivity index (χ4v) is 2.30. The van der Waals surface area contributed by atoms with Crippen molar-refractivity contribution in [1.29, 1.82) is 0 Å². The molecular weight excluding hydrogens is 263 g/mol. The van der Waals surface area contributed by atoms with Gasteiger partial charge in [0.25, 0.3) is 0 Å². The molecule has 0 amide bonds. The van der Waals surface area contributed by atoms with Gasteiger partial charge in [-0.15, -0.1) is 11.3 Å². The Morgan fingerprint density at radius 1 is 1.19 bits per heavy atom. The standard InChI is InChI=1S/C9H7BF3OS.K/c1-14-9-6-4-5-15-8(6)3-2-7(9)10(11,12)13;/h2-5H,1H3;/q-1;+1. The van der Waals surface area contributed by atoms with Crippen molar-refractivity contribution in [3.8, 4) is 5.75 Å². The number of ether oxygens (including phenoxy) is 1. The van der Waals surface area contributed by atoms with Gasteiger partial charge in [0.15, 0.2) is 0 Å². The Kier molecular flexibility index (Phi) is 4.91. The molecule has 80 valence electrons. The molecule has 0 saturated heterocycles. The van der Waals surface area contributed by atoms with Gasteiger partial charge in [-0.2, -0.15) is 0 Å². The molecule has 0 saturated carbocycles. The molecule has 0 unspecified atom stereocenters. The molecule has 0 aliphatic rings. The fraction of sp³-hybridized carbons (Fsp3) is 0.111. The summed E-state index contributed by atoms with van der Waals surface area (Å²) in [5.41, 5.74) is -0.664. The van der Waals surface area contributed by atoms with Gasteiger partial charge in [-0.05, 0) is 17.5 Å². The molecule has 16 heavy (non-hydrogen) atoms. The summed E-state index contributed by atoms with van der Waals surface area (Å²) in [4.78, 5) is 0. The second-order valence-corrected chi connectivity index (χ2v) is 4.04. The Morgan fingerprint density at radius 3 is 2.44 bits per heavy atom. The first kappa shape index (κ1) is 14.5. The summed E-state index contributed by atoms with van der Waals surface area (Å²) in [5, 5.41) is 2.28. The van der Waals surface area contributed by atoms with Crippen LogP contribution in [0.25, 0.3) is 10.1 Å². The molecule has 1 aromatic carbocycles. The average Bonchev–Trinajstić information content (AvgIpc) is 2.61. The molecule has 0 bridgehead atoms. The smallest absolute Gasteiger partial charge is 0.499 e. The minimum absolute atomic E-state index is 0. The van der Waals surface area contributed by atoms with E-state index in [1.165, 1.54) is 24.5 Å². The zero-order valence-electron chi connectivity index (χ0n) is 8.84. The van der Waals surface area contributed by atoms with Crippen LogP contribution in [-0.2, 0) is 0 Å². The Bertz CT molecular complexity index is 497. The normalized spacial score (nSPS) is 11.2. The van der Waals surface area contributed by atoms with Crippen LogP contribution in [-0.4, -0.2) is 14.1 Å². The van der Waals surface area contributed by atoms with Crippen molar-refractivity contribution in [2.24, 2.45) is 0 Å². The van der Waals surface area contributed by atoms with Crippen LogP contribution in [0.15, 0.2) is 23.6 Å². The van der Waals surface area contributed by atoms with Gasteiger partial charge >= 0.3 is 58.4 Å². The molecule has 1 nitrogen and oxygen atoms in total. The molecule has 0 fully saturated rings. The van der Waals surface area contributed by atoms with Crippen LogP contribution in [0, 0.1) is 0 Å². The molecule has 0 aliphatic heterocycles. The van der Waals surface area contributed by atoms with E-state index >= 15 is 0 Å². The summed E-state index contributed by atoms with van der Waals surface area (Å²) in [6.45, 7) is -5.02. The van der Waals surface area contributed by atoms with Gasteiger partial charge in [-0.25, -0.2) is 0 Å². The maximum Gasteiger partial charge on any atom is 1.00 e. The van der Waals surface area contributed by atoms with Crippen molar-refractivity contribution in [3.05, 3.63) is 23.6 Å². The van der Waals surface area contributed by atoms with Gasteiger partial charge in [0, 0.05) is 10.1 Å². The summed E-state index contributed by atoms with van der Waals surface area (Å²) in [7, 11) is 1.26. The fourth-order valence-electron chi connectivity index (χ4n) is 1.52. The Hall–Kier alpha value is 0.471. The Morgan fingerprint density at radius 2 is 1.88 bits per heavy atom. The molecule has 0 N–H and O–H groups in total. The van der Waals surface area contributed by atoms with Crippen molar-refractivity contribution < 1.29 is 69.1 Å². The number of hydrogen-bond donors (Lipinski definition) is 0. The third-order valence-electron chi connectivity index (χ3n) is 2.17. The van der Waals surface area contributed by atoms with Crippen molar-refractivity contribution in [1.82, 2.24) is 0 Å². The number of rotatable bonds is 2. The predicted octanol–water partition coefficient (Wildman–Crippen LogP) is -0.0317. The van der Waals surface area contributed by atoms with Crippen molar-refractivity contribution in [2.75, 3.05) is 7.11 Å². The van der Waals surface area contributed by atoms with Gasteiger partial charge < -0.3 is 17.7 Å². The van der Waals surface area contributed by atoms with E-state index in [0.717, 1.165) is 10.8 Å². The van der Waals surface area contributed by atoms with Crippen LogP contribution >= 0.6 is 11.3 Å². The quantitative estimate of drug-likeness (QED) is 0.696. The largest absolute Gasteiger partial charge is 1.00 e. The number of thiophene rings is 1. The molecule has 7 heteroatoms. The zero-order chi connectivity index (χ0) is 11.1. The van der Waals surface area contributed by atoms with Crippen molar-refractivity contribution in [3.63, 3.8) is 0 Å². The topological polar surface area (TPSA) is 9.23 Å². The van der Waals surface area contributed by atoms with Crippen molar-refractivity contribution in [2.45, 2.75) is 0 Å². The summed E-state index contributed by atoms with van der Waals surface area (Å²) in [6.07, 6.45) is 0. The Balaban J connectivity index is 0.00000128. The van der Waals surface area contributed by atoms with Crippen LogP contribution in [0.1, 0.15) is 0 Å². The van der Waals surface area contributed by atoms with Crippen molar-refractivity contribution >= 4 is 33.9 Å². The van der Waals surface area contributed by atoms with E-state index in [1.807, 2.05) is 0 Å². The average molecular weight is 270 g/mol. The summed E-state index contributed by atoms with van der Waals surface area (Å²) in [6, 6.07) is 4.20. The maximum atomic E-state index is 12.7. The van der Waals surface area contributed by atoms with Crippen LogP contribution in [0.4, 0.5) is 12.9 Å².